The fraction of sp³-hybridized carbons (Fsp3) is 0.692. The number of aryl methyl sites for hydroxylation is 1. The number of hydrogen-bond acceptors (Lipinski definition) is 6. The zero-order valence-electron chi connectivity index (χ0n) is 12.2. The predicted octanol–water partition coefficient (Wildman–Crippen LogP) is 1.23. The van der Waals surface area contributed by atoms with Crippen molar-refractivity contribution in [2.24, 2.45) is 0 Å². The van der Waals surface area contributed by atoms with Crippen molar-refractivity contribution in [1.82, 2.24) is 10.2 Å². The summed E-state index contributed by atoms with van der Waals surface area (Å²) in [5.41, 5.74) is 1.13. The SMILES string of the molecule is CNCc1cc(CN2CCSCC2S(C)(=O)=O)oc1C. The molecule has 7 heteroatoms. The highest BCUT2D eigenvalue weighted by Crippen LogP contribution is 2.24. The third-order valence-electron chi connectivity index (χ3n) is 3.48. The molecule has 5 nitrogen and oxygen atoms in total. The summed E-state index contributed by atoms with van der Waals surface area (Å²) in [6.45, 7) is 4.04. The quantitative estimate of drug-likeness (QED) is 0.881. The van der Waals surface area contributed by atoms with Crippen molar-refractivity contribution in [3.8, 4) is 0 Å². The minimum absolute atomic E-state index is 0.403. The van der Waals surface area contributed by atoms with Gasteiger partial charge in [0.05, 0.1) is 6.54 Å². The minimum atomic E-state index is -3.06. The lowest BCUT2D eigenvalue weighted by Gasteiger charge is -2.33. The van der Waals surface area contributed by atoms with Gasteiger partial charge in [0.15, 0.2) is 9.84 Å². The molecule has 2 rings (SSSR count). The molecule has 0 aromatic carbocycles. The smallest absolute Gasteiger partial charge is 0.164 e. The van der Waals surface area contributed by atoms with E-state index in [1.54, 1.807) is 11.8 Å². The number of nitrogens with zero attached hydrogens (tertiary/aromatic N) is 1. The van der Waals surface area contributed by atoms with Crippen molar-refractivity contribution in [2.45, 2.75) is 25.4 Å². The number of furan rings is 1. The maximum atomic E-state index is 11.9. The minimum Gasteiger partial charge on any atom is -0.465 e. The number of sulfone groups is 1. The molecule has 1 atom stereocenters. The lowest BCUT2D eigenvalue weighted by atomic mass is 10.2. The van der Waals surface area contributed by atoms with E-state index in [2.05, 4.69) is 5.32 Å². The van der Waals surface area contributed by atoms with Crippen molar-refractivity contribution in [2.75, 3.05) is 31.4 Å². The van der Waals surface area contributed by atoms with Crippen LogP contribution in [0.1, 0.15) is 17.1 Å². The van der Waals surface area contributed by atoms with Crippen LogP contribution in [0.4, 0.5) is 0 Å². The summed E-state index contributed by atoms with van der Waals surface area (Å²) in [6.07, 6.45) is 1.32. The molecule has 0 spiro atoms. The van der Waals surface area contributed by atoms with Crippen LogP contribution in [-0.4, -0.2) is 50.0 Å². The summed E-state index contributed by atoms with van der Waals surface area (Å²) in [7, 11) is -1.16. The van der Waals surface area contributed by atoms with E-state index in [-0.39, 0.29) is 0 Å². The van der Waals surface area contributed by atoms with Crippen molar-refractivity contribution >= 4 is 21.6 Å². The summed E-state index contributed by atoms with van der Waals surface area (Å²) in [5.74, 6) is 3.35. The Morgan fingerprint density at radius 1 is 1.55 bits per heavy atom. The predicted molar refractivity (Wildman–Crippen MR) is 82.6 cm³/mol. The molecule has 0 radical (unpaired) electrons. The molecule has 20 heavy (non-hydrogen) atoms. The number of rotatable bonds is 5. The first-order valence-electron chi connectivity index (χ1n) is 6.65. The van der Waals surface area contributed by atoms with E-state index in [9.17, 15) is 8.42 Å². The van der Waals surface area contributed by atoms with Crippen LogP contribution in [0.5, 0.6) is 0 Å². The Morgan fingerprint density at radius 2 is 2.30 bits per heavy atom. The Morgan fingerprint density at radius 3 is 2.95 bits per heavy atom. The molecule has 1 unspecified atom stereocenters. The van der Waals surface area contributed by atoms with Gasteiger partial charge in [-0.1, -0.05) is 0 Å². The van der Waals surface area contributed by atoms with E-state index in [4.69, 9.17) is 4.42 Å². The molecule has 1 N–H and O–H groups in total. The molecule has 114 valence electrons. The number of nitrogens with one attached hydrogen (secondary N) is 1. The summed E-state index contributed by atoms with van der Waals surface area (Å²) in [5, 5.41) is 2.70. The summed E-state index contributed by atoms with van der Waals surface area (Å²) in [4.78, 5) is 2.01. The van der Waals surface area contributed by atoms with Gasteiger partial charge in [0.2, 0.25) is 0 Å². The highest BCUT2D eigenvalue weighted by Gasteiger charge is 2.31. The molecular formula is C13H22N2O3S2. The molecule has 1 aliphatic heterocycles. The van der Waals surface area contributed by atoms with E-state index >= 15 is 0 Å². The van der Waals surface area contributed by atoms with Crippen molar-refractivity contribution in [3.63, 3.8) is 0 Å². The maximum Gasteiger partial charge on any atom is 0.164 e. The normalized spacial score (nSPS) is 21.2. The molecule has 2 heterocycles. The highest BCUT2D eigenvalue weighted by atomic mass is 32.2. The first-order valence-corrected chi connectivity index (χ1v) is 9.76. The monoisotopic (exact) mass is 318 g/mol. The Balaban J connectivity index is 2.13. The van der Waals surface area contributed by atoms with Gasteiger partial charge in [0, 0.05) is 36.4 Å². The van der Waals surface area contributed by atoms with Crippen LogP contribution < -0.4 is 5.32 Å². The molecule has 1 aliphatic rings. The van der Waals surface area contributed by atoms with E-state index in [0.29, 0.717) is 12.3 Å². The molecule has 0 bridgehead atoms. The average molecular weight is 318 g/mol. The van der Waals surface area contributed by atoms with E-state index < -0.39 is 15.2 Å². The van der Waals surface area contributed by atoms with E-state index in [0.717, 1.165) is 35.9 Å². The summed E-state index contributed by atoms with van der Waals surface area (Å²) < 4.78 is 29.5. The molecule has 1 saturated heterocycles. The van der Waals surface area contributed by atoms with Crippen LogP contribution >= 0.6 is 11.8 Å². The zero-order valence-corrected chi connectivity index (χ0v) is 13.8. The first kappa shape index (κ1) is 15.9. The Hall–Kier alpha value is -0.500. The lowest BCUT2D eigenvalue weighted by molar-refractivity contribution is 0.239. The van der Waals surface area contributed by atoms with Gasteiger partial charge in [-0.25, -0.2) is 8.42 Å². The lowest BCUT2D eigenvalue weighted by Crippen LogP contribution is -2.46. The summed E-state index contributed by atoms with van der Waals surface area (Å²) in [6, 6.07) is 2.02. The average Bonchev–Trinajstić information content (AvgIpc) is 2.69. The fourth-order valence-electron chi connectivity index (χ4n) is 2.42. The van der Waals surface area contributed by atoms with Gasteiger partial charge in [0.1, 0.15) is 16.9 Å². The first-order chi connectivity index (χ1) is 9.41. The topological polar surface area (TPSA) is 62.6 Å². The largest absolute Gasteiger partial charge is 0.465 e. The zero-order chi connectivity index (χ0) is 14.8. The van der Waals surface area contributed by atoms with Gasteiger partial charge >= 0.3 is 0 Å². The molecule has 0 aliphatic carbocycles. The second-order valence-electron chi connectivity index (χ2n) is 5.15. The van der Waals surface area contributed by atoms with Gasteiger partial charge in [-0.05, 0) is 20.0 Å². The van der Waals surface area contributed by atoms with Gasteiger partial charge in [-0.2, -0.15) is 11.8 Å². The number of hydrogen-bond donors (Lipinski definition) is 1. The van der Waals surface area contributed by atoms with Crippen LogP contribution in [0.15, 0.2) is 10.5 Å². The molecule has 1 fully saturated rings. The van der Waals surface area contributed by atoms with Gasteiger partial charge in [0.25, 0.3) is 0 Å². The highest BCUT2D eigenvalue weighted by molar-refractivity contribution is 8.00. The molecule has 1 aromatic rings. The van der Waals surface area contributed by atoms with E-state index in [1.807, 2.05) is 24.9 Å². The van der Waals surface area contributed by atoms with Crippen LogP contribution in [0.25, 0.3) is 0 Å². The molecule has 0 saturated carbocycles. The number of thioether (sulfide) groups is 1. The van der Waals surface area contributed by atoms with Crippen molar-refractivity contribution in [1.29, 1.82) is 0 Å². The second-order valence-corrected chi connectivity index (χ2v) is 8.51. The Labute approximate surface area is 125 Å². The molecule has 1 aromatic heterocycles. The standard InChI is InChI=1S/C13H22N2O3S2/c1-10-11(7-14-2)6-12(18-10)8-15-4-5-19-9-13(15)20(3,16)17/h6,13-14H,4-5,7-9H2,1-3H3. The van der Waals surface area contributed by atoms with Gasteiger partial charge in [-0.15, -0.1) is 0 Å². The molecular weight excluding hydrogens is 296 g/mol. The third kappa shape index (κ3) is 3.78. The van der Waals surface area contributed by atoms with Crippen molar-refractivity contribution < 1.29 is 12.8 Å². The van der Waals surface area contributed by atoms with E-state index in [1.165, 1.54) is 6.26 Å². The summed E-state index contributed by atoms with van der Waals surface area (Å²) >= 11 is 1.70. The maximum absolute atomic E-state index is 11.9. The molecule has 0 amide bonds. The fourth-order valence-corrected chi connectivity index (χ4v) is 5.36. The third-order valence-corrected chi connectivity index (χ3v) is 6.17. The van der Waals surface area contributed by atoms with Gasteiger partial charge in [-0.3, -0.25) is 4.90 Å². The van der Waals surface area contributed by atoms with Crippen molar-refractivity contribution in [3.05, 3.63) is 23.2 Å². The van der Waals surface area contributed by atoms with Crippen LogP contribution in [0.3, 0.4) is 0 Å². The Bertz CT molecular complexity index is 554. The van der Waals surface area contributed by atoms with Crippen LogP contribution in [-0.2, 0) is 22.9 Å². The Kier molecular flexibility index (Phi) is 5.17. The van der Waals surface area contributed by atoms with Crippen LogP contribution in [0, 0.1) is 6.92 Å². The second kappa shape index (κ2) is 6.51. The van der Waals surface area contributed by atoms with Gasteiger partial charge < -0.3 is 9.73 Å². The van der Waals surface area contributed by atoms with Crippen LogP contribution in [0.2, 0.25) is 0 Å².